The van der Waals surface area contributed by atoms with Crippen LogP contribution in [0.4, 0.5) is 11.6 Å². The summed E-state index contributed by atoms with van der Waals surface area (Å²) in [5, 5.41) is 6.85. The first kappa shape index (κ1) is 15.7. The van der Waals surface area contributed by atoms with Gasteiger partial charge in [-0.05, 0) is 24.3 Å². The van der Waals surface area contributed by atoms with Crippen LogP contribution in [0.3, 0.4) is 0 Å². The van der Waals surface area contributed by atoms with Crippen LogP contribution in [0.1, 0.15) is 0 Å². The lowest BCUT2D eigenvalue weighted by molar-refractivity contribution is 1.17. The van der Waals surface area contributed by atoms with Gasteiger partial charge in [-0.25, -0.2) is 15.0 Å². The summed E-state index contributed by atoms with van der Waals surface area (Å²) in [6.07, 6.45) is 3.41. The second kappa shape index (κ2) is 7.01. The van der Waals surface area contributed by atoms with E-state index in [1.54, 1.807) is 29.8 Å². The van der Waals surface area contributed by atoms with E-state index in [4.69, 9.17) is 16.6 Å². The quantitative estimate of drug-likeness (QED) is 0.507. The number of nitrogens with one attached hydrogen (secondary N) is 1. The number of anilines is 2. The molecule has 2 heterocycles. The molecule has 4 nitrogen and oxygen atoms in total. The van der Waals surface area contributed by atoms with Crippen molar-refractivity contribution in [2.75, 3.05) is 5.32 Å². The van der Waals surface area contributed by atoms with Crippen LogP contribution >= 0.6 is 22.9 Å². The number of halogens is 1. The van der Waals surface area contributed by atoms with Crippen molar-refractivity contribution < 1.29 is 0 Å². The highest BCUT2D eigenvalue weighted by atomic mass is 35.5. The number of benzene rings is 2. The van der Waals surface area contributed by atoms with Crippen LogP contribution in [0.25, 0.3) is 21.8 Å². The molecule has 0 amide bonds. The Labute approximate surface area is 154 Å². The van der Waals surface area contributed by atoms with Gasteiger partial charge in [0.1, 0.15) is 5.01 Å². The number of rotatable bonds is 4. The van der Waals surface area contributed by atoms with Crippen LogP contribution in [0, 0.1) is 0 Å². The van der Waals surface area contributed by atoms with Gasteiger partial charge in [-0.2, -0.15) is 0 Å². The third-order valence-electron chi connectivity index (χ3n) is 3.59. The van der Waals surface area contributed by atoms with E-state index >= 15 is 0 Å². The van der Waals surface area contributed by atoms with Gasteiger partial charge in [0.05, 0.1) is 10.7 Å². The molecule has 0 aliphatic heterocycles. The van der Waals surface area contributed by atoms with E-state index in [1.165, 1.54) is 0 Å². The fourth-order valence-electron chi connectivity index (χ4n) is 2.41. The summed E-state index contributed by atoms with van der Waals surface area (Å²) in [4.78, 5) is 13.1. The molecule has 0 unspecified atom stereocenters. The van der Waals surface area contributed by atoms with Gasteiger partial charge in [-0.1, -0.05) is 41.9 Å². The minimum absolute atomic E-state index is 0.565. The molecule has 0 aliphatic carbocycles. The van der Waals surface area contributed by atoms with Crippen molar-refractivity contribution in [1.29, 1.82) is 0 Å². The van der Waals surface area contributed by atoms with Crippen molar-refractivity contribution in [2.24, 2.45) is 0 Å². The largest absolute Gasteiger partial charge is 0.324 e. The van der Waals surface area contributed by atoms with Crippen LogP contribution in [-0.4, -0.2) is 15.0 Å². The summed E-state index contributed by atoms with van der Waals surface area (Å²) >= 11 is 7.85. The van der Waals surface area contributed by atoms with E-state index in [0.29, 0.717) is 11.0 Å². The fourth-order valence-corrected chi connectivity index (χ4v) is 3.56. The maximum atomic E-state index is 6.27. The van der Waals surface area contributed by atoms with Gasteiger partial charge in [-0.3, -0.25) is 0 Å². The van der Waals surface area contributed by atoms with Crippen molar-refractivity contribution >= 4 is 34.6 Å². The maximum absolute atomic E-state index is 6.27. The number of hydrogen-bond acceptors (Lipinski definition) is 5. The van der Waals surface area contributed by atoms with Gasteiger partial charge in [0, 0.05) is 34.6 Å². The molecule has 0 fully saturated rings. The number of hydrogen-bond donors (Lipinski definition) is 1. The van der Waals surface area contributed by atoms with Crippen LogP contribution in [-0.2, 0) is 0 Å². The van der Waals surface area contributed by atoms with Crippen molar-refractivity contribution in [3.63, 3.8) is 0 Å². The molecule has 4 rings (SSSR count). The Bertz CT molecular complexity index is 1000. The van der Waals surface area contributed by atoms with E-state index in [-0.39, 0.29) is 0 Å². The number of nitrogens with zero attached hydrogens (tertiary/aromatic N) is 3. The second-order valence-corrected chi connectivity index (χ2v) is 6.56. The molecule has 4 aromatic rings. The third kappa shape index (κ3) is 3.52. The Kier molecular flexibility index (Phi) is 4.41. The molecule has 6 heteroatoms. The lowest BCUT2D eigenvalue weighted by Crippen LogP contribution is -1.95. The first-order chi connectivity index (χ1) is 12.3. The molecule has 0 saturated carbocycles. The molecule has 0 saturated heterocycles. The third-order valence-corrected chi connectivity index (χ3v) is 4.79. The number of aromatic nitrogens is 3. The first-order valence-corrected chi connectivity index (χ1v) is 8.90. The van der Waals surface area contributed by atoms with E-state index in [0.717, 1.165) is 27.5 Å². The molecule has 2 aromatic carbocycles. The summed E-state index contributed by atoms with van der Waals surface area (Å²) in [5.74, 6) is 0.565. The Morgan fingerprint density at radius 2 is 1.76 bits per heavy atom. The Morgan fingerprint density at radius 3 is 2.60 bits per heavy atom. The van der Waals surface area contributed by atoms with Crippen LogP contribution in [0.15, 0.2) is 72.4 Å². The van der Waals surface area contributed by atoms with Gasteiger partial charge >= 0.3 is 0 Å². The topological polar surface area (TPSA) is 50.7 Å². The van der Waals surface area contributed by atoms with E-state index < -0.39 is 0 Å². The molecule has 0 radical (unpaired) electrons. The van der Waals surface area contributed by atoms with Crippen molar-refractivity contribution in [3.8, 4) is 21.8 Å². The van der Waals surface area contributed by atoms with Gasteiger partial charge < -0.3 is 5.32 Å². The standard InChI is InChI=1S/C19H13ClN4S/c20-16-8-2-1-7-15(16)18-24-17(12-25-18)13-5-3-6-14(11-13)23-19-21-9-4-10-22-19/h1-12H,(H,21,22,23). The van der Waals surface area contributed by atoms with Crippen molar-refractivity contribution in [3.05, 3.63) is 77.4 Å². The Hall–Kier alpha value is -2.76. The predicted molar refractivity (Wildman–Crippen MR) is 103 cm³/mol. The van der Waals surface area contributed by atoms with Crippen LogP contribution in [0.2, 0.25) is 5.02 Å². The summed E-state index contributed by atoms with van der Waals surface area (Å²) in [6, 6.07) is 17.5. The van der Waals surface area contributed by atoms with Gasteiger partial charge in [0.25, 0.3) is 0 Å². The van der Waals surface area contributed by atoms with E-state index in [9.17, 15) is 0 Å². The average molecular weight is 365 g/mol. The van der Waals surface area contributed by atoms with E-state index in [2.05, 4.69) is 15.3 Å². The molecule has 0 atom stereocenters. The van der Waals surface area contributed by atoms with Gasteiger partial charge in [0.15, 0.2) is 0 Å². The molecule has 0 spiro atoms. The van der Waals surface area contributed by atoms with Crippen LogP contribution in [0.5, 0.6) is 0 Å². The first-order valence-electron chi connectivity index (χ1n) is 7.64. The normalized spacial score (nSPS) is 10.6. The summed E-state index contributed by atoms with van der Waals surface area (Å²) in [6.45, 7) is 0. The zero-order chi connectivity index (χ0) is 17.1. The van der Waals surface area contributed by atoms with Gasteiger partial charge in [0.2, 0.25) is 5.95 Å². The predicted octanol–water partition coefficient (Wildman–Crippen LogP) is 5.66. The zero-order valence-electron chi connectivity index (χ0n) is 13.1. The molecule has 1 N–H and O–H groups in total. The lowest BCUT2D eigenvalue weighted by Gasteiger charge is -2.05. The molecule has 25 heavy (non-hydrogen) atoms. The van der Waals surface area contributed by atoms with Crippen LogP contribution < -0.4 is 5.32 Å². The SMILES string of the molecule is Clc1ccccc1-c1nc(-c2cccc(Nc3ncccn3)c2)cs1. The lowest BCUT2D eigenvalue weighted by atomic mass is 10.1. The zero-order valence-corrected chi connectivity index (χ0v) is 14.6. The minimum atomic E-state index is 0.565. The molecular formula is C19H13ClN4S. The number of thiazole rings is 1. The highest BCUT2D eigenvalue weighted by molar-refractivity contribution is 7.13. The Balaban J connectivity index is 1.63. The highest BCUT2D eigenvalue weighted by Crippen LogP contribution is 2.33. The smallest absolute Gasteiger partial charge is 0.227 e. The van der Waals surface area contributed by atoms with Crippen molar-refractivity contribution in [1.82, 2.24) is 15.0 Å². The summed E-state index contributed by atoms with van der Waals surface area (Å²) in [7, 11) is 0. The van der Waals surface area contributed by atoms with Gasteiger partial charge in [-0.15, -0.1) is 11.3 Å². The second-order valence-electron chi connectivity index (χ2n) is 5.30. The van der Waals surface area contributed by atoms with Crippen molar-refractivity contribution in [2.45, 2.75) is 0 Å². The molecule has 2 aromatic heterocycles. The minimum Gasteiger partial charge on any atom is -0.324 e. The maximum Gasteiger partial charge on any atom is 0.227 e. The molecule has 0 bridgehead atoms. The summed E-state index contributed by atoms with van der Waals surface area (Å²) < 4.78 is 0. The van der Waals surface area contributed by atoms with E-state index in [1.807, 2.05) is 53.9 Å². The summed E-state index contributed by atoms with van der Waals surface area (Å²) in [5.41, 5.74) is 3.80. The monoisotopic (exact) mass is 364 g/mol. The fraction of sp³-hybridized carbons (Fsp3) is 0. The molecule has 122 valence electrons. The molecule has 0 aliphatic rings. The Morgan fingerprint density at radius 1 is 0.920 bits per heavy atom. The molecular weight excluding hydrogens is 352 g/mol. The average Bonchev–Trinajstić information content (AvgIpc) is 3.13. The highest BCUT2D eigenvalue weighted by Gasteiger charge is 2.10.